The largest absolute Gasteiger partial charge is 0.432 e. The molecule has 0 spiro atoms. The molecule has 1 aliphatic rings. The Morgan fingerprint density at radius 3 is 1.75 bits per heavy atom. The third kappa shape index (κ3) is 6.43. The second kappa shape index (κ2) is 12.6. The van der Waals surface area contributed by atoms with E-state index >= 15 is 8.78 Å². The van der Waals surface area contributed by atoms with Crippen LogP contribution in [0.4, 0.5) is 39.5 Å². The average Bonchev–Trinajstić information content (AvgIpc) is 2.95. The van der Waals surface area contributed by atoms with Gasteiger partial charge >= 0.3 is 6.11 Å². The van der Waals surface area contributed by atoms with Gasteiger partial charge in [0.15, 0.2) is 17.5 Å². The highest BCUT2D eigenvalue weighted by atomic mass is 19.3. The zero-order valence-corrected chi connectivity index (χ0v) is 23.2. The highest BCUT2D eigenvalue weighted by Gasteiger charge is 2.42. The number of alkyl halides is 2. The van der Waals surface area contributed by atoms with Gasteiger partial charge in [0, 0.05) is 23.8 Å². The first-order chi connectivity index (χ1) is 20.9. The van der Waals surface area contributed by atoms with E-state index in [1.54, 1.807) is 0 Å². The zero-order chi connectivity index (χ0) is 31.8. The topological polar surface area (TPSA) is 18.5 Å². The summed E-state index contributed by atoms with van der Waals surface area (Å²) < 4.78 is 140. The minimum absolute atomic E-state index is 0.0476. The Labute approximate surface area is 247 Å². The van der Waals surface area contributed by atoms with Gasteiger partial charge in [-0.05, 0) is 97.7 Å². The third-order valence-corrected chi connectivity index (χ3v) is 7.66. The van der Waals surface area contributed by atoms with E-state index < -0.39 is 58.1 Å². The third-order valence-electron chi connectivity index (χ3n) is 7.66. The van der Waals surface area contributed by atoms with E-state index in [0.29, 0.717) is 50.5 Å². The lowest BCUT2D eigenvalue weighted by molar-refractivity contribution is -0.189. The molecule has 11 heteroatoms. The van der Waals surface area contributed by atoms with Crippen LogP contribution in [0.3, 0.4) is 0 Å². The number of ether oxygens (including phenoxy) is 2. The molecule has 44 heavy (non-hydrogen) atoms. The number of hydrogen-bond donors (Lipinski definition) is 0. The molecule has 2 nitrogen and oxygen atoms in total. The van der Waals surface area contributed by atoms with Gasteiger partial charge in [-0.25, -0.2) is 30.7 Å². The first-order valence-electron chi connectivity index (χ1n) is 13.8. The van der Waals surface area contributed by atoms with Crippen molar-refractivity contribution in [1.82, 2.24) is 0 Å². The van der Waals surface area contributed by atoms with Gasteiger partial charge in [0.1, 0.15) is 34.6 Å². The molecule has 0 amide bonds. The van der Waals surface area contributed by atoms with Crippen LogP contribution in [0.1, 0.15) is 49.7 Å². The van der Waals surface area contributed by atoms with Crippen LogP contribution >= 0.6 is 0 Å². The number of benzene rings is 4. The van der Waals surface area contributed by atoms with Gasteiger partial charge in [-0.2, -0.15) is 8.78 Å². The van der Waals surface area contributed by atoms with Gasteiger partial charge in [0.2, 0.25) is 0 Å². The van der Waals surface area contributed by atoms with Crippen molar-refractivity contribution in [3.63, 3.8) is 0 Å². The van der Waals surface area contributed by atoms with E-state index in [2.05, 4.69) is 4.74 Å². The minimum Gasteiger partial charge on any atom is -0.429 e. The summed E-state index contributed by atoms with van der Waals surface area (Å²) in [6, 6.07) is 8.45. The molecule has 0 heterocycles. The molecule has 0 N–H and O–H groups in total. The fourth-order valence-electron chi connectivity index (χ4n) is 5.53. The van der Waals surface area contributed by atoms with E-state index in [1.165, 1.54) is 6.07 Å². The lowest BCUT2D eigenvalue weighted by Gasteiger charge is -2.29. The highest BCUT2D eigenvalue weighted by molar-refractivity contribution is 5.72. The van der Waals surface area contributed by atoms with Gasteiger partial charge < -0.3 is 9.47 Å². The van der Waals surface area contributed by atoms with Gasteiger partial charge in [-0.3, -0.25) is 0 Å². The van der Waals surface area contributed by atoms with E-state index in [-0.39, 0.29) is 39.8 Å². The van der Waals surface area contributed by atoms with Crippen LogP contribution in [0.25, 0.3) is 22.3 Å². The van der Waals surface area contributed by atoms with Crippen LogP contribution in [0, 0.1) is 40.7 Å². The van der Waals surface area contributed by atoms with Crippen molar-refractivity contribution in [3.05, 3.63) is 113 Å². The molecule has 0 atom stereocenters. The fraction of sp³-hybridized carbons (Fsp3) is 0.273. The first-order valence-corrected chi connectivity index (χ1v) is 13.8. The van der Waals surface area contributed by atoms with Gasteiger partial charge in [0.05, 0.1) is 6.10 Å². The lowest BCUT2D eigenvalue weighted by atomic mass is 9.82. The Morgan fingerprint density at radius 1 is 0.636 bits per heavy atom. The van der Waals surface area contributed by atoms with Crippen LogP contribution in [0.5, 0.6) is 5.75 Å². The summed E-state index contributed by atoms with van der Waals surface area (Å²) in [7, 11) is 0. The molecule has 5 rings (SSSR count). The van der Waals surface area contributed by atoms with E-state index in [4.69, 9.17) is 4.74 Å². The standard InChI is InChI=1S/C33H25F9O2/c1-2-43-21-6-3-17(4-7-21)19-12-27(36)31(28(37)13-19)33(41,42)44-22-8-10-23(26(35)16-22)18-5-9-24(25(34)11-18)20-14-29(38)32(40)30(39)15-20/h5,8-17,21H,2-4,6-7H2,1H3. The van der Waals surface area contributed by atoms with Crippen LogP contribution in [-0.4, -0.2) is 12.7 Å². The molecular formula is C33H25F9O2. The predicted octanol–water partition coefficient (Wildman–Crippen LogP) is 10.2. The summed E-state index contributed by atoms with van der Waals surface area (Å²) in [6.45, 7) is 2.42. The van der Waals surface area contributed by atoms with Crippen molar-refractivity contribution < 1.29 is 49.0 Å². The molecule has 232 valence electrons. The van der Waals surface area contributed by atoms with E-state index in [0.717, 1.165) is 36.4 Å². The van der Waals surface area contributed by atoms with Gasteiger partial charge in [-0.1, -0.05) is 12.1 Å². The van der Waals surface area contributed by atoms with Gasteiger partial charge in [0.25, 0.3) is 0 Å². The molecule has 0 aromatic heterocycles. The Balaban J connectivity index is 1.34. The molecule has 1 aliphatic carbocycles. The molecule has 0 radical (unpaired) electrons. The van der Waals surface area contributed by atoms with Crippen molar-refractivity contribution in [1.29, 1.82) is 0 Å². The Hall–Kier alpha value is -3.99. The van der Waals surface area contributed by atoms with Crippen LogP contribution in [0.2, 0.25) is 0 Å². The molecule has 4 aromatic carbocycles. The Kier molecular flexibility index (Phi) is 8.97. The summed E-state index contributed by atoms with van der Waals surface area (Å²) in [5.41, 5.74) is -2.33. The summed E-state index contributed by atoms with van der Waals surface area (Å²) in [5.74, 6) is -11.0. The summed E-state index contributed by atoms with van der Waals surface area (Å²) in [4.78, 5) is 0. The molecule has 4 aromatic rings. The van der Waals surface area contributed by atoms with E-state index in [9.17, 15) is 30.7 Å². The number of hydrogen-bond acceptors (Lipinski definition) is 2. The minimum atomic E-state index is -4.51. The molecule has 1 saturated carbocycles. The number of halogens is 9. The smallest absolute Gasteiger partial charge is 0.429 e. The second-order valence-corrected chi connectivity index (χ2v) is 10.5. The second-order valence-electron chi connectivity index (χ2n) is 10.5. The first kappa shape index (κ1) is 31.4. The van der Waals surface area contributed by atoms with Crippen molar-refractivity contribution >= 4 is 0 Å². The van der Waals surface area contributed by atoms with Crippen molar-refractivity contribution in [3.8, 4) is 28.0 Å². The maximum Gasteiger partial charge on any atom is 0.432 e. The zero-order valence-electron chi connectivity index (χ0n) is 23.2. The molecular weight excluding hydrogens is 599 g/mol. The van der Waals surface area contributed by atoms with Gasteiger partial charge in [-0.15, -0.1) is 0 Å². The van der Waals surface area contributed by atoms with Crippen molar-refractivity contribution in [2.45, 2.75) is 50.7 Å². The molecule has 0 bridgehead atoms. The summed E-state index contributed by atoms with van der Waals surface area (Å²) in [5, 5.41) is 0. The quantitative estimate of drug-likeness (QED) is 0.144. The van der Waals surface area contributed by atoms with Crippen molar-refractivity contribution in [2.75, 3.05) is 6.61 Å². The predicted molar refractivity (Wildman–Crippen MR) is 145 cm³/mol. The Bertz CT molecular complexity index is 1630. The monoisotopic (exact) mass is 624 g/mol. The molecule has 1 fully saturated rings. The normalized spacial score (nSPS) is 17.1. The van der Waals surface area contributed by atoms with Crippen molar-refractivity contribution in [2.24, 2.45) is 0 Å². The number of rotatable bonds is 8. The highest BCUT2D eigenvalue weighted by Crippen LogP contribution is 2.40. The average molecular weight is 625 g/mol. The SMILES string of the molecule is CCOC1CCC(c2cc(F)c(C(F)(F)Oc3ccc(-c4ccc(-c5cc(F)c(F)c(F)c5)c(F)c4)c(F)c3)c(F)c2)CC1. The summed E-state index contributed by atoms with van der Waals surface area (Å²) in [6.07, 6.45) is -1.95. The van der Waals surface area contributed by atoms with Crippen LogP contribution < -0.4 is 4.74 Å². The Morgan fingerprint density at radius 2 is 1.18 bits per heavy atom. The maximum absolute atomic E-state index is 15.0. The summed E-state index contributed by atoms with van der Waals surface area (Å²) >= 11 is 0. The molecule has 0 aliphatic heterocycles. The maximum atomic E-state index is 15.0. The molecule has 0 unspecified atom stereocenters. The molecule has 0 saturated heterocycles. The van der Waals surface area contributed by atoms with E-state index in [1.807, 2.05) is 6.92 Å². The fourth-order valence-corrected chi connectivity index (χ4v) is 5.53. The lowest BCUT2D eigenvalue weighted by Crippen LogP contribution is -2.26. The van der Waals surface area contributed by atoms with Crippen LogP contribution in [-0.2, 0) is 10.8 Å². The van der Waals surface area contributed by atoms with Crippen LogP contribution in [0.15, 0.2) is 60.7 Å².